The molecule has 0 aliphatic carbocycles. The summed E-state index contributed by atoms with van der Waals surface area (Å²) < 4.78 is 28.4. The van der Waals surface area contributed by atoms with Crippen molar-refractivity contribution in [1.29, 1.82) is 0 Å². The minimum absolute atomic E-state index is 0.753. The standard InChI is InChI=1S/C44H42N2OSi/c1-27(2)36-25-31(29-15-9-8-10-16-29)26-37(28(3)4)40(36)46-41-38(21-14-22-39(41)48(5,6)7)45-44(46)35-20-13-19-33-34-24-23-30-17-11-12-18-32(30)42(34)47-43(33)35/h8-28H,1-7H3/i27D,28D. The average molecular weight is 645 g/mol. The summed E-state index contributed by atoms with van der Waals surface area (Å²) in [6.45, 7) is 14.9. The first-order valence-electron chi connectivity index (χ1n) is 17.8. The number of nitrogens with zero attached hydrogens (tertiary/aromatic N) is 2. The van der Waals surface area contributed by atoms with Gasteiger partial charge in [0.25, 0.3) is 0 Å². The Morgan fingerprint density at radius 3 is 2.00 bits per heavy atom. The largest absolute Gasteiger partial charge is 0.455 e. The van der Waals surface area contributed by atoms with E-state index in [4.69, 9.17) is 9.40 Å². The Bertz CT molecular complexity index is 2560. The van der Waals surface area contributed by atoms with Gasteiger partial charge in [-0.05, 0) is 74.9 Å². The number of para-hydroxylation sites is 2. The monoisotopic (exact) mass is 644 g/mol. The molecule has 8 aromatic rings. The summed E-state index contributed by atoms with van der Waals surface area (Å²) in [4.78, 5) is 5.45. The molecule has 2 heterocycles. The lowest BCUT2D eigenvalue weighted by molar-refractivity contribution is 0.673. The van der Waals surface area contributed by atoms with Crippen LogP contribution in [0.2, 0.25) is 19.6 Å². The summed E-state index contributed by atoms with van der Waals surface area (Å²) in [5.41, 5.74) is 9.09. The van der Waals surface area contributed by atoms with E-state index >= 15 is 0 Å². The van der Waals surface area contributed by atoms with Gasteiger partial charge in [0.05, 0.1) is 30.4 Å². The first-order valence-corrected chi connectivity index (χ1v) is 20.3. The van der Waals surface area contributed by atoms with Crippen molar-refractivity contribution in [1.82, 2.24) is 9.55 Å². The highest BCUT2D eigenvalue weighted by molar-refractivity contribution is 6.90. The summed E-state index contributed by atoms with van der Waals surface area (Å²) in [6, 6.07) is 40.1. The minimum Gasteiger partial charge on any atom is -0.455 e. The van der Waals surface area contributed by atoms with Gasteiger partial charge in [-0.3, -0.25) is 4.57 Å². The molecular weight excluding hydrogens is 601 g/mol. The Kier molecular flexibility index (Phi) is 6.65. The zero-order valence-electron chi connectivity index (χ0n) is 30.8. The number of benzene rings is 6. The van der Waals surface area contributed by atoms with Crippen LogP contribution in [0.3, 0.4) is 0 Å². The third kappa shape index (κ3) is 4.81. The molecule has 8 rings (SSSR count). The van der Waals surface area contributed by atoms with Gasteiger partial charge in [-0.2, -0.15) is 0 Å². The predicted octanol–water partition coefficient (Wildman–Crippen LogP) is 12.2. The normalized spacial score (nSPS) is 13.5. The van der Waals surface area contributed by atoms with Crippen molar-refractivity contribution in [3.05, 3.63) is 126 Å². The lowest BCUT2D eigenvalue weighted by Crippen LogP contribution is -2.38. The second kappa shape index (κ2) is 11.3. The maximum atomic E-state index is 9.61. The van der Waals surface area contributed by atoms with Crippen molar-refractivity contribution in [3.8, 4) is 28.2 Å². The van der Waals surface area contributed by atoms with Crippen LogP contribution in [0.4, 0.5) is 0 Å². The Morgan fingerprint density at radius 1 is 0.646 bits per heavy atom. The van der Waals surface area contributed by atoms with Gasteiger partial charge in [-0.1, -0.05) is 132 Å². The molecular formula is C44H42N2OSi. The highest BCUT2D eigenvalue weighted by atomic mass is 28.3. The fourth-order valence-electron chi connectivity index (χ4n) is 7.27. The van der Waals surface area contributed by atoms with Crippen LogP contribution in [-0.2, 0) is 0 Å². The Labute approximate surface area is 286 Å². The third-order valence-electron chi connectivity index (χ3n) is 9.63. The zero-order chi connectivity index (χ0) is 35.2. The molecule has 0 saturated carbocycles. The lowest BCUT2D eigenvalue weighted by Gasteiger charge is -2.26. The van der Waals surface area contributed by atoms with E-state index in [1.807, 2.05) is 45.9 Å². The molecule has 3 nitrogen and oxygen atoms in total. The first kappa shape index (κ1) is 28.1. The minimum atomic E-state index is -1.93. The number of furan rings is 1. The van der Waals surface area contributed by atoms with E-state index in [0.29, 0.717) is 0 Å². The SMILES string of the molecule is [2H]C(C)(C)c1cc(-c2ccccc2)cc(C([2H])(C)C)c1-n1c(-c2cccc3c2oc2c4ccccc4ccc32)nc2cccc([Si](C)(C)C)c21. The third-order valence-corrected chi connectivity index (χ3v) is 11.7. The van der Waals surface area contributed by atoms with Gasteiger partial charge in [-0.25, -0.2) is 4.98 Å². The lowest BCUT2D eigenvalue weighted by atomic mass is 9.88. The van der Waals surface area contributed by atoms with Gasteiger partial charge in [0.1, 0.15) is 17.0 Å². The quantitative estimate of drug-likeness (QED) is 0.169. The molecule has 0 bridgehead atoms. The number of fused-ring (bicyclic) bond motifs is 6. The molecule has 0 saturated heterocycles. The molecule has 238 valence electrons. The molecule has 4 heteroatoms. The summed E-state index contributed by atoms with van der Waals surface area (Å²) in [6.07, 6.45) is 0. The van der Waals surface area contributed by atoms with Crippen molar-refractivity contribution in [2.45, 2.75) is 59.1 Å². The van der Waals surface area contributed by atoms with Gasteiger partial charge in [0.2, 0.25) is 0 Å². The molecule has 0 radical (unpaired) electrons. The van der Waals surface area contributed by atoms with Crippen LogP contribution >= 0.6 is 0 Å². The molecule has 0 atom stereocenters. The second-order valence-corrected chi connectivity index (χ2v) is 19.5. The number of imidazole rings is 1. The molecule has 0 N–H and O–H groups in total. The van der Waals surface area contributed by atoms with E-state index in [1.165, 1.54) is 5.19 Å². The Balaban J connectivity index is 1.56. The van der Waals surface area contributed by atoms with Gasteiger partial charge in [-0.15, -0.1) is 0 Å². The van der Waals surface area contributed by atoms with Crippen LogP contribution in [0.25, 0.3) is 71.9 Å². The highest BCUT2D eigenvalue weighted by Crippen LogP contribution is 2.43. The van der Waals surface area contributed by atoms with Crippen LogP contribution in [0, 0.1) is 0 Å². The van der Waals surface area contributed by atoms with Crippen LogP contribution < -0.4 is 5.19 Å². The number of aromatic nitrogens is 2. The topological polar surface area (TPSA) is 31.0 Å². The van der Waals surface area contributed by atoms with Gasteiger partial charge in [0, 0.05) is 18.9 Å². The van der Waals surface area contributed by atoms with Crippen molar-refractivity contribution >= 4 is 57.0 Å². The van der Waals surface area contributed by atoms with E-state index in [0.717, 1.165) is 83.1 Å². The Hall–Kier alpha value is -4.93. The average Bonchev–Trinajstić information content (AvgIpc) is 3.66. The summed E-state index contributed by atoms with van der Waals surface area (Å²) in [7, 11) is -1.93. The first-order chi connectivity index (χ1) is 23.7. The molecule has 0 aliphatic heterocycles. The Morgan fingerprint density at radius 2 is 1.29 bits per heavy atom. The van der Waals surface area contributed by atoms with E-state index in [9.17, 15) is 2.74 Å². The fourth-order valence-corrected chi connectivity index (χ4v) is 8.81. The van der Waals surface area contributed by atoms with E-state index in [-0.39, 0.29) is 0 Å². The number of rotatable bonds is 6. The molecule has 0 unspecified atom stereocenters. The smallest absolute Gasteiger partial charge is 0.149 e. The summed E-state index contributed by atoms with van der Waals surface area (Å²) in [5, 5.41) is 5.60. The van der Waals surface area contributed by atoms with Gasteiger partial charge in [0.15, 0.2) is 0 Å². The number of hydrogen-bond donors (Lipinski definition) is 0. The zero-order valence-corrected chi connectivity index (χ0v) is 29.8. The van der Waals surface area contributed by atoms with Crippen LogP contribution in [0.15, 0.2) is 120 Å². The second-order valence-electron chi connectivity index (χ2n) is 14.4. The predicted molar refractivity (Wildman–Crippen MR) is 208 cm³/mol. The van der Waals surface area contributed by atoms with E-state index in [2.05, 4.69) is 121 Å². The molecule has 0 spiro atoms. The van der Waals surface area contributed by atoms with E-state index in [1.54, 1.807) is 0 Å². The van der Waals surface area contributed by atoms with Crippen molar-refractivity contribution in [2.24, 2.45) is 0 Å². The summed E-state index contributed by atoms with van der Waals surface area (Å²) >= 11 is 0. The molecule has 0 aliphatic rings. The van der Waals surface area contributed by atoms with Crippen LogP contribution in [0.1, 0.15) is 53.4 Å². The van der Waals surface area contributed by atoms with Crippen molar-refractivity contribution < 1.29 is 7.16 Å². The van der Waals surface area contributed by atoms with Crippen LogP contribution in [-0.4, -0.2) is 17.6 Å². The van der Waals surface area contributed by atoms with E-state index < -0.39 is 19.9 Å². The summed E-state index contributed by atoms with van der Waals surface area (Å²) in [5.74, 6) is -1.23. The molecule has 48 heavy (non-hydrogen) atoms. The maximum Gasteiger partial charge on any atom is 0.149 e. The highest BCUT2D eigenvalue weighted by Gasteiger charge is 2.29. The van der Waals surface area contributed by atoms with Gasteiger partial charge < -0.3 is 4.42 Å². The van der Waals surface area contributed by atoms with Gasteiger partial charge >= 0.3 is 0 Å². The number of hydrogen-bond acceptors (Lipinski definition) is 2. The fraction of sp³-hybridized carbons (Fsp3) is 0.205. The maximum absolute atomic E-state index is 9.61. The molecule has 2 aromatic heterocycles. The van der Waals surface area contributed by atoms with Crippen LogP contribution in [0.5, 0.6) is 0 Å². The molecule has 6 aromatic carbocycles. The molecule has 0 amide bonds. The van der Waals surface area contributed by atoms with Crippen molar-refractivity contribution in [2.75, 3.05) is 0 Å². The molecule has 0 fully saturated rings. The van der Waals surface area contributed by atoms with Crippen molar-refractivity contribution in [3.63, 3.8) is 0 Å².